The molecular formula is C12H19NO. The molecule has 14 heavy (non-hydrogen) atoms. The Balaban J connectivity index is 2.14. The fraction of sp³-hybridized carbons (Fsp3) is 0.667. The minimum Gasteiger partial charge on any atom is -0.469 e. The molecule has 0 bridgehead atoms. The lowest BCUT2D eigenvalue weighted by atomic mass is 9.72. The summed E-state index contributed by atoms with van der Waals surface area (Å²) in [6.07, 6.45) is 4.29. The molecule has 2 heteroatoms. The topological polar surface area (TPSA) is 25.2 Å². The Labute approximate surface area is 85.7 Å². The minimum absolute atomic E-state index is 0.186. The maximum absolute atomic E-state index is 5.53. The van der Waals surface area contributed by atoms with Gasteiger partial charge in [0.15, 0.2) is 0 Å². The number of piperidine rings is 1. The Morgan fingerprint density at radius 3 is 2.64 bits per heavy atom. The van der Waals surface area contributed by atoms with Crippen molar-refractivity contribution in [1.29, 1.82) is 0 Å². The Morgan fingerprint density at radius 1 is 1.36 bits per heavy atom. The number of rotatable bonds is 2. The molecule has 0 unspecified atom stereocenters. The summed E-state index contributed by atoms with van der Waals surface area (Å²) >= 11 is 0. The van der Waals surface area contributed by atoms with Gasteiger partial charge in [-0.2, -0.15) is 0 Å². The number of nitrogens with one attached hydrogen (secondary N) is 1. The Bertz CT molecular complexity index is 271. The quantitative estimate of drug-likeness (QED) is 0.781. The van der Waals surface area contributed by atoms with Gasteiger partial charge in [-0.05, 0) is 44.0 Å². The van der Waals surface area contributed by atoms with Crippen LogP contribution in [0.3, 0.4) is 0 Å². The molecule has 0 radical (unpaired) electrons. The third kappa shape index (κ3) is 1.71. The lowest BCUT2D eigenvalue weighted by Crippen LogP contribution is -2.37. The number of hydrogen-bond donors (Lipinski definition) is 1. The summed E-state index contributed by atoms with van der Waals surface area (Å²) in [6, 6.07) is 4.08. The van der Waals surface area contributed by atoms with E-state index in [2.05, 4.69) is 25.2 Å². The molecule has 2 rings (SSSR count). The molecule has 0 spiro atoms. The van der Waals surface area contributed by atoms with Crippen LogP contribution in [0.4, 0.5) is 0 Å². The Hall–Kier alpha value is -0.760. The summed E-state index contributed by atoms with van der Waals surface area (Å²) in [5.74, 6) is 1.87. The maximum Gasteiger partial charge on any atom is 0.109 e. The van der Waals surface area contributed by atoms with Gasteiger partial charge in [0, 0.05) is 5.41 Å². The van der Waals surface area contributed by atoms with Crippen molar-refractivity contribution in [1.82, 2.24) is 5.32 Å². The summed E-state index contributed by atoms with van der Waals surface area (Å²) in [7, 11) is 0. The molecule has 0 aromatic carbocycles. The molecule has 0 amide bonds. The van der Waals surface area contributed by atoms with Crippen molar-refractivity contribution >= 4 is 0 Å². The van der Waals surface area contributed by atoms with Crippen LogP contribution in [0.2, 0.25) is 0 Å². The molecule has 1 aliphatic heterocycles. The summed E-state index contributed by atoms with van der Waals surface area (Å²) in [6.45, 7) is 6.88. The van der Waals surface area contributed by atoms with Crippen molar-refractivity contribution in [2.75, 3.05) is 13.1 Å². The predicted molar refractivity (Wildman–Crippen MR) is 57.3 cm³/mol. The smallest absolute Gasteiger partial charge is 0.109 e. The molecular weight excluding hydrogens is 174 g/mol. The van der Waals surface area contributed by atoms with E-state index in [0.29, 0.717) is 0 Å². The molecule has 1 N–H and O–H groups in total. The molecule has 2 nitrogen and oxygen atoms in total. The molecule has 0 saturated carbocycles. The first-order valence-electron chi connectivity index (χ1n) is 5.46. The van der Waals surface area contributed by atoms with Gasteiger partial charge in [0.1, 0.15) is 5.76 Å². The fourth-order valence-electron chi connectivity index (χ4n) is 2.39. The number of hydrogen-bond acceptors (Lipinski definition) is 2. The van der Waals surface area contributed by atoms with Gasteiger partial charge >= 0.3 is 0 Å². The van der Waals surface area contributed by atoms with Crippen molar-refractivity contribution in [2.45, 2.75) is 32.1 Å². The van der Waals surface area contributed by atoms with Crippen LogP contribution >= 0.6 is 0 Å². The summed E-state index contributed by atoms with van der Waals surface area (Å²) < 4.78 is 5.53. The minimum atomic E-state index is 0.186. The van der Waals surface area contributed by atoms with Gasteiger partial charge in [-0.1, -0.05) is 13.8 Å². The number of furan rings is 1. The van der Waals surface area contributed by atoms with E-state index in [1.165, 1.54) is 12.8 Å². The van der Waals surface area contributed by atoms with Crippen molar-refractivity contribution in [3.63, 3.8) is 0 Å². The molecule has 1 aromatic heterocycles. The summed E-state index contributed by atoms with van der Waals surface area (Å²) in [4.78, 5) is 0. The zero-order valence-corrected chi connectivity index (χ0v) is 9.05. The molecule has 1 aliphatic rings. The van der Waals surface area contributed by atoms with Gasteiger partial charge in [0.05, 0.1) is 6.26 Å². The zero-order valence-electron chi connectivity index (χ0n) is 9.05. The Kier molecular flexibility index (Phi) is 2.64. The normalized spacial score (nSPS) is 19.9. The van der Waals surface area contributed by atoms with E-state index in [4.69, 9.17) is 4.42 Å². The first-order chi connectivity index (χ1) is 6.71. The van der Waals surface area contributed by atoms with Crippen LogP contribution in [0.5, 0.6) is 0 Å². The fourth-order valence-corrected chi connectivity index (χ4v) is 2.39. The van der Waals surface area contributed by atoms with Gasteiger partial charge in [-0.25, -0.2) is 0 Å². The summed E-state index contributed by atoms with van der Waals surface area (Å²) in [5, 5.41) is 3.40. The van der Waals surface area contributed by atoms with Crippen LogP contribution in [-0.4, -0.2) is 13.1 Å². The third-order valence-electron chi connectivity index (χ3n) is 3.52. The van der Waals surface area contributed by atoms with E-state index < -0.39 is 0 Å². The first kappa shape index (κ1) is 9.78. The highest BCUT2D eigenvalue weighted by Crippen LogP contribution is 2.36. The molecule has 1 aromatic rings. The van der Waals surface area contributed by atoms with E-state index in [1.807, 2.05) is 6.07 Å². The van der Waals surface area contributed by atoms with Crippen molar-refractivity contribution in [3.8, 4) is 0 Å². The second-order valence-electron chi connectivity index (χ2n) is 4.72. The second-order valence-corrected chi connectivity index (χ2v) is 4.72. The second kappa shape index (κ2) is 3.77. The van der Waals surface area contributed by atoms with Crippen LogP contribution in [0.1, 0.15) is 32.4 Å². The molecule has 0 aliphatic carbocycles. The highest BCUT2D eigenvalue weighted by Gasteiger charge is 2.34. The average Bonchev–Trinajstić information content (AvgIpc) is 2.72. The monoisotopic (exact) mass is 193 g/mol. The SMILES string of the molecule is CC(C)(c1ccco1)C1CCNCC1. The van der Waals surface area contributed by atoms with Gasteiger partial charge < -0.3 is 9.73 Å². The highest BCUT2D eigenvalue weighted by molar-refractivity contribution is 5.13. The molecule has 78 valence electrons. The Morgan fingerprint density at radius 2 is 2.07 bits per heavy atom. The van der Waals surface area contributed by atoms with Gasteiger partial charge in [-0.15, -0.1) is 0 Å². The van der Waals surface area contributed by atoms with E-state index in [-0.39, 0.29) is 5.41 Å². The van der Waals surface area contributed by atoms with Gasteiger partial charge in [0.25, 0.3) is 0 Å². The van der Waals surface area contributed by atoms with Crippen LogP contribution < -0.4 is 5.32 Å². The van der Waals surface area contributed by atoms with Gasteiger partial charge in [0.2, 0.25) is 0 Å². The molecule has 0 atom stereocenters. The van der Waals surface area contributed by atoms with Crippen LogP contribution in [0, 0.1) is 5.92 Å². The molecule has 1 saturated heterocycles. The maximum atomic E-state index is 5.53. The predicted octanol–water partition coefficient (Wildman–Crippen LogP) is 2.56. The lowest BCUT2D eigenvalue weighted by molar-refractivity contribution is 0.214. The largest absolute Gasteiger partial charge is 0.469 e. The van der Waals surface area contributed by atoms with Crippen molar-refractivity contribution in [2.24, 2.45) is 5.92 Å². The van der Waals surface area contributed by atoms with E-state index in [0.717, 1.165) is 24.8 Å². The average molecular weight is 193 g/mol. The van der Waals surface area contributed by atoms with Crippen LogP contribution in [-0.2, 0) is 5.41 Å². The molecule has 1 fully saturated rings. The standard InChI is InChI=1S/C12H19NO/c1-12(2,11-4-3-9-14-11)10-5-7-13-8-6-10/h3-4,9-10,13H,5-8H2,1-2H3. The summed E-state index contributed by atoms with van der Waals surface area (Å²) in [5.41, 5.74) is 0.186. The third-order valence-corrected chi connectivity index (χ3v) is 3.52. The van der Waals surface area contributed by atoms with Gasteiger partial charge in [-0.3, -0.25) is 0 Å². The zero-order chi connectivity index (χ0) is 10.0. The van der Waals surface area contributed by atoms with Crippen molar-refractivity contribution < 1.29 is 4.42 Å². The highest BCUT2D eigenvalue weighted by atomic mass is 16.3. The lowest BCUT2D eigenvalue weighted by Gasteiger charge is -2.35. The van der Waals surface area contributed by atoms with E-state index in [1.54, 1.807) is 6.26 Å². The van der Waals surface area contributed by atoms with Crippen LogP contribution in [0.25, 0.3) is 0 Å². The van der Waals surface area contributed by atoms with Crippen LogP contribution in [0.15, 0.2) is 22.8 Å². The van der Waals surface area contributed by atoms with Crippen molar-refractivity contribution in [3.05, 3.63) is 24.2 Å². The van der Waals surface area contributed by atoms with E-state index in [9.17, 15) is 0 Å². The van der Waals surface area contributed by atoms with E-state index >= 15 is 0 Å². The first-order valence-corrected chi connectivity index (χ1v) is 5.46. The molecule has 2 heterocycles.